The second-order valence-electron chi connectivity index (χ2n) is 7.40. The molecule has 2 amide bonds. The molecular formula is C23H23FN2O3. The molecule has 0 unspecified atom stereocenters. The summed E-state index contributed by atoms with van der Waals surface area (Å²) in [7, 11) is 1.51. The van der Waals surface area contributed by atoms with E-state index in [-0.39, 0.29) is 11.7 Å². The van der Waals surface area contributed by atoms with Crippen molar-refractivity contribution in [2.24, 2.45) is 0 Å². The van der Waals surface area contributed by atoms with E-state index in [2.05, 4.69) is 0 Å². The highest BCUT2D eigenvalue weighted by Gasteiger charge is 2.43. The summed E-state index contributed by atoms with van der Waals surface area (Å²) < 4.78 is 18.9. The third kappa shape index (κ3) is 3.39. The van der Waals surface area contributed by atoms with E-state index in [0.717, 1.165) is 37.9 Å². The number of carbonyl (C=O) groups excluding carboxylic acids is 2. The van der Waals surface area contributed by atoms with Gasteiger partial charge in [0, 0.05) is 13.1 Å². The van der Waals surface area contributed by atoms with Gasteiger partial charge in [-0.1, -0.05) is 18.2 Å². The number of halogens is 1. The van der Waals surface area contributed by atoms with Gasteiger partial charge < -0.3 is 9.64 Å². The predicted octanol–water partition coefficient (Wildman–Crippen LogP) is 3.91. The first-order valence-electron chi connectivity index (χ1n) is 9.80. The molecule has 0 N–H and O–H groups in total. The topological polar surface area (TPSA) is 49.9 Å². The number of aryl methyl sites for hydroxylation is 1. The van der Waals surface area contributed by atoms with E-state index in [1.165, 1.54) is 24.1 Å². The summed E-state index contributed by atoms with van der Waals surface area (Å²) in [6.07, 6.45) is 3.04. The maximum Gasteiger partial charge on any atom is 0.282 e. The number of anilines is 1. The molecule has 2 aliphatic rings. The molecule has 2 aliphatic heterocycles. The standard InChI is InChI=1S/C23H23FN2O3/c1-15-6-11-19(29-2)18(14-15)26-22(27)20(16-7-9-17(24)10-8-16)21(23(26)28)25-12-4-3-5-13-25/h6-11,14H,3-5,12-13H2,1-2H3. The largest absolute Gasteiger partial charge is 0.495 e. The van der Waals surface area contributed by atoms with E-state index in [0.29, 0.717) is 28.3 Å². The van der Waals surface area contributed by atoms with Gasteiger partial charge in [-0.25, -0.2) is 9.29 Å². The number of benzene rings is 2. The number of carbonyl (C=O) groups is 2. The quantitative estimate of drug-likeness (QED) is 0.738. The molecule has 5 nitrogen and oxygen atoms in total. The first-order chi connectivity index (χ1) is 14.0. The third-order valence-corrected chi connectivity index (χ3v) is 5.44. The number of likely N-dealkylation sites (tertiary alicyclic amines) is 1. The van der Waals surface area contributed by atoms with Crippen LogP contribution in [0.1, 0.15) is 30.4 Å². The average Bonchev–Trinajstić information content (AvgIpc) is 2.99. The van der Waals surface area contributed by atoms with Gasteiger partial charge in [0.05, 0.1) is 18.4 Å². The molecule has 29 heavy (non-hydrogen) atoms. The number of methoxy groups -OCH3 is 1. The Labute approximate surface area is 169 Å². The summed E-state index contributed by atoms with van der Waals surface area (Å²) in [5.74, 6) is -0.704. The van der Waals surface area contributed by atoms with Gasteiger partial charge in [-0.2, -0.15) is 0 Å². The Morgan fingerprint density at radius 3 is 2.28 bits per heavy atom. The first-order valence-corrected chi connectivity index (χ1v) is 9.80. The van der Waals surface area contributed by atoms with Crippen LogP contribution in [-0.4, -0.2) is 36.9 Å². The summed E-state index contributed by atoms with van der Waals surface area (Å²) >= 11 is 0. The number of imide groups is 1. The summed E-state index contributed by atoms with van der Waals surface area (Å²) in [5.41, 5.74) is 2.59. The van der Waals surface area contributed by atoms with Crippen molar-refractivity contribution < 1.29 is 18.7 Å². The highest BCUT2D eigenvalue weighted by Crippen LogP contribution is 2.39. The van der Waals surface area contributed by atoms with Gasteiger partial charge in [0.25, 0.3) is 11.8 Å². The summed E-state index contributed by atoms with van der Waals surface area (Å²) in [5, 5.41) is 0. The fourth-order valence-corrected chi connectivity index (χ4v) is 4.00. The van der Waals surface area contributed by atoms with Crippen molar-refractivity contribution in [1.29, 1.82) is 0 Å². The molecule has 2 aromatic rings. The highest BCUT2D eigenvalue weighted by atomic mass is 19.1. The van der Waals surface area contributed by atoms with E-state index >= 15 is 0 Å². The lowest BCUT2D eigenvalue weighted by atomic mass is 10.0. The fourth-order valence-electron chi connectivity index (χ4n) is 4.00. The third-order valence-electron chi connectivity index (χ3n) is 5.44. The van der Waals surface area contributed by atoms with E-state index < -0.39 is 5.91 Å². The van der Waals surface area contributed by atoms with Crippen LogP contribution >= 0.6 is 0 Å². The Bertz CT molecular complexity index is 992. The number of ether oxygens (including phenoxy) is 1. The molecule has 0 atom stereocenters. The molecule has 2 heterocycles. The van der Waals surface area contributed by atoms with Crippen molar-refractivity contribution in [3.05, 3.63) is 65.1 Å². The van der Waals surface area contributed by atoms with Crippen LogP contribution in [0.5, 0.6) is 5.75 Å². The van der Waals surface area contributed by atoms with E-state index in [4.69, 9.17) is 4.74 Å². The first kappa shape index (κ1) is 19.2. The minimum atomic E-state index is -0.411. The molecule has 0 radical (unpaired) electrons. The lowest BCUT2D eigenvalue weighted by Crippen LogP contribution is -2.37. The number of piperidine rings is 1. The van der Waals surface area contributed by atoms with Gasteiger partial charge in [0.2, 0.25) is 0 Å². The zero-order chi connectivity index (χ0) is 20.5. The van der Waals surface area contributed by atoms with Crippen molar-refractivity contribution in [3.8, 4) is 5.75 Å². The average molecular weight is 394 g/mol. The summed E-state index contributed by atoms with van der Waals surface area (Å²) in [6.45, 7) is 3.34. The molecule has 1 saturated heterocycles. The van der Waals surface area contributed by atoms with Crippen LogP contribution in [0.3, 0.4) is 0 Å². The molecule has 6 heteroatoms. The van der Waals surface area contributed by atoms with Gasteiger partial charge in [0.15, 0.2) is 0 Å². The minimum Gasteiger partial charge on any atom is -0.495 e. The Kier molecular flexibility index (Phi) is 5.09. The van der Waals surface area contributed by atoms with Gasteiger partial charge in [0.1, 0.15) is 17.3 Å². The van der Waals surface area contributed by atoms with Crippen LogP contribution in [0.25, 0.3) is 5.57 Å². The Balaban J connectivity index is 1.86. The highest BCUT2D eigenvalue weighted by molar-refractivity contribution is 6.45. The maximum absolute atomic E-state index is 13.5. The molecule has 0 aliphatic carbocycles. The zero-order valence-corrected chi connectivity index (χ0v) is 16.6. The molecular weight excluding hydrogens is 371 g/mol. The van der Waals surface area contributed by atoms with Crippen molar-refractivity contribution >= 4 is 23.1 Å². The fraction of sp³-hybridized carbons (Fsp3) is 0.304. The molecule has 4 rings (SSSR count). The lowest BCUT2D eigenvalue weighted by molar-refractivity contribution is -0.120. The van der Waals surface area contributed by atoms with Crippen molar-refractivity contribution in [2.45, 2.75) is 26.2 Å². The SMILES string of the molecule is COc1ccc(C)cc1N1C(=O)C(c2ccc(F)cc2)=C(N2CCCCC2)C1=O. The summed E-state index contributed by atoms with van der Waals surface area (Å²) in [4.78, 5) is 30.2. The Morgan fingerprint density at radius 2 is 1.62 bits per heavy atom. The van der Waals surface area contributed by atoms with Crippen LogP contribution in [0.15, 0.2) is 48.2 Å². The van der Waals surface area contributed by atoms with Crippen LogP contribution in [0.2, 0.25) is 0 Å². The van der Waals surface area contributed by atoms with Gasteiger partial charge in [-0.3, -0.25) is 9.59 Å². The molecule has 2 aromatic carbocycles. The van der Waals surface area contributed by atoms with Crippen molar-refractivity contribution in [3.63, 3.8) is 0 Å². The van der Waals surface area contributed by atoms with Crippen LogP contribution in [-0.2, 0) is 9.59 Å². The van der Waals surface area contributed by atoms with E-state index in [1.807, 2.05) is 17.9 Å². The normalized spacial score (nSPS) is 17.3. The molecule has 0 aromatic heterocycles. The van der Waals surface area contributed by atoms with Crippen molar-refractivity contribution in [1.82, 2.24) is 4.90 Å². The molecule has 0 saturated carbocycles. The number of hydrogen-bond acceptors (Lipinski definition) is 4. The number of nitrogens with zero attached hydrogens (tertiary/aromatic N) is 2. The number of rotatable bonds is 4. The van der Waals surface area contributed by atoms with Gasteiger partial charge in [-0.05, 0) is 61.6 Å². The lowest BCUT2D eigenvalue weighted by Gasteiger charge is -2.29. The Morgan fingerprint density at radius 1 is 0.931 bits per heavy atom. The predicted molar refractivity (Wildman–Crippen MR) is 109 cm³/mol. The van der Waals surface area contributed by atoms with Crippen LogP contribution < -0.4 is 9.64 Å². The van der Waals surface area contributed by atoms with Crippen LogP contribution in [0.4, 0.5) is 10.1 Å². The molecule has 1 fully saturated rings. The zero-order valence-electron chi connectivity index (χ0n) is 16.6. The number of amides is 2. The molecule has 0 spiro atoms. The minimum absolute atomic E-state index is 0.320. The number of hydrogen-bond donors (Lipinski definition) is 0. The second-order valence-corrected chi connectivity index (χ2v) is 7.40. The molecule has 0 bridgehead atoms. The van der Waals surface area contributed by atoms with Crippen molar-refractivity contribution in [2.75, 3.05) is 25.1 Å². The maximum atomic E-state index is 13.5. The van der Waals surface area contributed by atoms with Gasteiger partial charge in [-0.15, -0.1) is 0 Å². The van der Waals surface area contributed by atoms with Gasteiger partial charge >= 0.3 is 0 Å². The monoisotopic (exact) mass is 394 g/mol. The molecule has 150 valence electrons. The smallest absolute Gasteiger partial charge is 0.282 e. The second kappa shape index (κ2) is 7.70. The van der Waals surface area contributed by atoms with E-state index in [9.17, 15) is 14.0 Å². The van der Waals surface area contributed by atoms with Crippen LogP contribution in [0, 0.1) is 12.7 Å². The summed E-state index contributed by atoms with van der Waals surface area (Å²) in [6, 6.07) is 11.1. The van der Waals surface area contributed by atoms with E-state index in [1.54, 1.807) is 24.3 Å². The Hall–Kier alpha value is -3.15.